The Morgan fingerprint density at radius 3 is 2.59 bits per heavy atom. The number of para-hydroxylation sites is 1. The van der Waals surface area contributed by atoms with Crippen molar-refractivity contribution >= 4 is 27.8 Å². The predicted octanol–water partition coefficient (Wildman–Crippen LogP) is 3.12. The molecule has 0 saturated heterocycles. The van der Waals surface area contributed by atoms with Crippen molar-refractivity contribution in [1.29, 1.82) is 0 Å². The molecule has 1 unspecified atom stereocenters. The van der Waals surface area contributed by atoms with E-state index in [2.05, 4.69) is 11.0 Å². The quantitative estimate of drug-likeness (QED) is 0.846. The molecule has 0 aliphatic carbocycles. The first-order valence-corrected chi connectivity index (χ1v) is 7.55. The summed E-state index contributed by atoms with van der Waals surface area (Å²) in [6, 6.07) is 12.0. The second-order valence-corrected chi connectivity index (χ2v) is 6.57. The number of thiophene rings is 1. The standard InChI is InChI=1S/C13H15NOS2/c1-14(2)12-7-4-3-6-11(12)10-17(15)13-8-5-9-16-13/h3-9H,10H2,1-2H3. The first-order chi connectivity index (χ1) is 8.18. The lowest BCUT2D eigenvalue weighted by molar-refractivity contribution is 0.684. The summed E-state index contributed by atoms with van der Waals surface area (Å²) < 4.78 is 13.1. The van der Waals surface area contributed by atoms with Crippen molar-refractivity contribution in [1.82, 2.24) is 0 Å². The zero-order valence-electron chi connectivity index (χ0n) is 9.92. The van der Waals surface area contributed by atoms with Gasteiger partial charge in [-0.05, 0) is 23.1 Å². The van der Waals surface area contributed by atoms with Crippen molar-refractivity contribution in [2.24, 2.45) is 0 Å². The maximum absolute atomic E-state index is 12.2. The Kier molecular flexibility index (Phi) is 3.97. The van der Waals surface area contributed by atoms with E-state index in [1.54, 1.807) is 11.3 Å². The van der Waals surface area contributed by atoms with E-state index in [0.29, 0.717) is 5.75 Å². The predicted molar refractivity (Wildman–Crippen MR) is 75.2 cm³/mol. The fraction of sp³-hybridized carbons (Fsp3) is 0.231. The van der Waals surface area contributed by atoms with Crippen LogP contribution in [0.5, 0.6) is 0 Å². The molecule has 90 valence electrons. The van der Waals surface area contributed by atoms with Crippen LogP contribution in [0.25, 0.3) is 0 Å². The van der Waals surface area contributed by atoms with Gasteiger partial charge in [-0.15, -0.1) is 11.3 Å². The summed E-state index contributed by atoms with van der Waals surface area (Å²) in [6.45, 7) is 0. The summed E-state index contributed by atoms with van der Waals surface area (Å²) in [6.07, 6.45) is 0. The molecule has 0 aliphatic heterocycles. The van der Waals surface area contributed by atoms with Gasteiger partial charge in [0.1, 0.15) is 0 Å². The van der Waals surface area contributed by atoms with Gasteiger partial charge in [-0.3, -0.25) is 4.21 Å². The van der Waals surface area contributed by atoms with Crippen molar-refractivity contribution in [3.63, 3.8) is 0 Å². The van der Waals surface area contributed by atoms with Gasteiger partial charge in [-0.25, -0.2) is 0 Å². The molecule has 4 heteroatoms. The van der Waals surface area contributed by atoms with E-state index in [1.165, 1.54) is 0 Å². The van der Waals surface area contributed by atoms with Gasteiger partial charge in [-0.1, -0.05) is 24.3 Å². The molecule has 17 heavy (non-hydrogen) atoms. The molecule has 0 fully saturated rings. The van der Waals surface area contributed by atoms with E-state index in [-0.39, 0.29) is 0 Å². The maximum Gasteiger partial charge on any atom is 0.0913 e. The Labute approximate surface area is 108 Å². The fourth-order valence-electron chi connectivity index (χ4n) is 1.67. The van der Waals surface area contributed by atoms with Crippen LogP contribution in [-0.2, 0) is 16.6 Å². The third-order valence-electron chi connectivity index (χ3n) is 2.48. The van der Waals surface area contributed by atoms with Gasteiger partial charge in [0.05, 0.1) is 20.8 Å². The van der Waals surface area contributed by atoms with Crippen molar-refractivity contribution in [2.45, 2.75) is 9.96 Å². The summed E-state index contributed by atoms with van der Waals surface area (Å²) in [5, 5.41) is 1.96. The van der Waals surface area contributed by atoms with E-state index >= 15 is 0 Å². The van der Waals surface area contributed by atoms with Crippen LogP contribution in [0.2, 0.25) is 0 Å². The summed E-state index contributed by atoms with van der Waals surface area (Å²) in [7, 11) is 3.08. The maximum atomic E-state index is 12.2. The van der Waals surface area contributed by atoms with Crippen LogP contribution in [0, 0.1) is 0 Å². The average molecular weight is 265 g/mol. The monoisotopic (exact) mass is 265 g/mol. The van der Waals surface area contributed by atoms with Gasteiger partial charge in [0.25, 0.3) is 0 Å². The second-order valence-electron chi connectivity index (χ2n) is 3.95. The Bertz CT molecular complexity index is 506. The number of benzene rings is 1. The fourth-order valence-corrected chi connectivity index (χ4v) is 3.79. The van der Waals surface area contributed by atoms with Gasteiger partial charge < -0.3 is 4.90 Å². The lowest BCUT2D eigenvalue weighted by Crippen LogP contribution is -2.11. The number of anilines is 1. The third-order valence-corrected chi connectivity index (χ3v) is 5.15. The third kappa shape index (κ3) is 2.96. The minimum Gasteiger partial charge on any atom is -0.377 e. The molecule has 1 aromatic carbocycles. The van der Waals surface area contributed by atoms with Gasteiger partial charge >= 0.3 is 0 Å². The van der Waals surface area contributed by atoms with Crippen LogP contribution in [0.3, 0.4) is 0 Å². The second kappa shape index (κ2) is 5.47. The smallest absolute Gasteiger partial charge is 0.0913 e. The molecule has 0 bridgehead atoms. The largest absolute Gasteiger partial charge is 0.377 e. The molecule has 0 saturated carbocycles. The van der Waals surface area contributed by atoms with Crippen molar-refractivity contribution in [2.75, 3.05) is 19.0 Å². The number of rotatable bonds is 4. The molecule has 0 spiro atoms. The molecule has 1 heterocycles. The van der Waals surface area contributed by atoms with Crippen molar-refractivity contribution in [3.8, 4) is 0 Å². The van der Waals surface area contributed by atoms with Crippen LogP contribution >= 0.6 is 11.3 Å². The number of hydrogen-bond acceptors (Lipinski definition) is 3. The SMILES string of the molecule is CN(C)c1ccccc1CS(=O)c1cccs1. The first-order valence-electron chi connectivity index (χ1n) is 5.35. The average Bonchev–Trinajstić information content (AvgIpc) is 2.83. The normalized spacial score (nSPS) is 12.4. The van der Waals surface area contributed by atoms with Gasteiger partial charge in [0, 0.05) is 19.8 Å². The van der Waals surface area contributed by atoms with Crippen LogP contribution in [-0.4, -0.2) is 18.3 Å². The Hall–Kier alpha value is -1.13. The highest BCUT2D eigenvalue weighted by atomic mass is 32.2. The summed E-state index contributed by atoms with van der Waals surface area (Å²) in [5.74, 6) is 0.578. The Morgan fingerprint density at radius 2 is 1.94 bits per heavy atom. The van der Waals surface area contributed by atoms with Crippen molar-refractivity contribution in [3.05, 3.63) is 47.3 Å². The molecule has 0 amide bonds. The molecule has 2 nitrogen and oxygen atoms in total. The van der Waals surface area contributed by atoms with Crippen LogP contribution in [0.15, 0.2) is 46.0 Å². The zero-order chi connectivity index (χ0) is 12.3. The van der Waals surface area contributed by atoms with Gasteiger partial charge in [0.15, 0.2) is 0 Å². The summed E-state index contributed by atoms with van der Waals surface area (Å²) in [4.78, 5) is 2.06. The molecule has 0 aliphatic rings. The van der Waals surface area contributed by atoms with E-state index in [1.807, 2.05) is 49.8 Å². The van der Waals surface area contributed by atoms with E-state index in [0.717, 1.165) is 15.5 Å². The highest BCUT2D eigenvalue weighted by Gasteiger charge is 2.10. The van der Waals surface area contributed by atoms with Crippen LogP contribution in [0.4, 0.5) is 5.69 Å². The molecule has 0 radical (unpaired) electrons. The minimum atomic E-state index is -0.938. The van der Waals surface area contributed by atoms with E-state index in [4.69, 9.17) is 0 Å². The lowest BCUT2D eigenvalue weighted by Gasteiger charge is -2.16. The Morgan fingerprint density at radius 1 is 1.18 bits per heavy atom. The zero-order valence-corrected chi connectivity index (χ0v) is 11.6. The highest BCUT2D eigenvalue weighted by molar-refractivity contribution is 7.86. The summed E-state index contributed by atoms with van der Waals surface area (Å²) >= 11 is 1.55. The molecular weight excluding hydrogens is 250 g/mol. The molecule has 1 atom stereocenters. The topological polar surface area (TPSA) is 20.3 Å². The highest BCUT2D eigenvalue weighted by Crippen LogP contribution is 2.23. The van der Waals surface area contributed by atoms with Crippen LogP contribution < -0.4 is 4.90 Å². The molecular formula is C13H15NOS2. The van der Waals surface area contributed by atoms with Gasteiger partial charge in [-0.2, -0.15) is 0 Å². The minimum absolute atomic E-state index is 0.578. The molecule has 2 aromatic rings. The number of nitrogens with zero attached hydrogens (tertiary/aromatic N) is 1. The van der Waals surface area contributed by atoms with Gasteiger partial charge in [0.2, 0.25) is 0 Å². The number of hydrogen-bond donors (Lipinski definition) is 0. The molecule has 0 N–H and O–H groups in total. The van der Waals surface area contributed by atoms with E-state index < -0.39 is 10.8 Å². The van der Waals surface area contributed by atoms with Crippen molar-refractivity contribution < 1.29 is 4.21 Å². The van der Waals surface area contributed by atoms with Crippen LogP contribution in [0.1, 0.15) is 5.56 Å². The van der Waals surface area contributed by atoms with E-state index in [9.17, 15) is 4.21 Å². The molecule has 1 aromatic heterocycles. The first kappa shape index (κ1) is 12.3. The molecule has 2 rings (SSSR count). The lowest BCUT2D eigenvalue weighted by atomic mass is 10.2. The summed E-state index contributed by atoms with van der Waals surface area (Å²) in [5.41, 5.74) is 2.27. The Balaban J connectivity index is 2.22.